The predicted octanol–water partition coefficient (Wildman–Crippen LogP) is 5.77. The minimum atomic E-state index is -0.801. The van der Waals surface area contributed by atoms with E-state index >= 15 is 0 Å². The van der Waals surface area contributed by atoms with Crippen molar-refractivity contribution in [2.24, 2.45) is 0 Å². The van der Waals surface area contributed by atoms with E-state index in [2.05, 4.69) is 48.0 Å². The third-order valence-electron chi connectivity index (χ3n) is 3.75. The van der Waals surface area contributed by atoms with Crippen molar-refractivity contribution < 1.29 is 8.78 Å². The second-order valence-corrected chi connectivity index (χ2v) is 6.26. The molecule has 0 bridgehead atoms. The third kappa shape index (κ3) is 3.91. The minimum Gasteiger partial charge on any atom is -0.204 e. The number of benzene rings is 2. The molecule has 0 saturated heterocycles. The van der Waals surface area contributed by atoms with E-state index in [1.165, 1.54) is 28.8 Å². The summed E-state index contributed by atoms with van der Waals surface area (Å²) in [6.07, 6.45) is 2.66. The summed E-state index contributed by atoms with van der Waals surface area (Å²) in [5.41, 5.74) is 4.68. The molecule has 2 aromatic carbocycles. The molecule has 1 unspecified atom stereocenters. The molecule has 2 rings (SSSR count). The van der Waals surface area contributed by atoms with E-state index in [9.17, 15) is 8.78 Å². The Morgan fingerprint density at radius 2 is 1.62 bits per heavy atom. The summed E-state index contributed by atoms with van der Waals surface area (Å²) in [6.45, 7) is 4.30. The molecule has 3 heteroatoms. The summed E-state index contributed by atoms with van der Waals surface area (Å²) in [6, 6.07) is 10.6. The average molecular weight is 353 g/mol. The van der Waals surface area contributed by atoms with E-state index in [0.29, 0.717) is 6.42 Å². The molecule has 0 aliphatic carbocycles. The van der Waals surface area contributed by atoms with Crippen LogP contribution < -0.4 is 0 Å². The van der Waals surface area contributed by atoms with E-state index in [1.54, 1.807) is 6.07 Å². The van der Waals surface area contributed by atoms with Crippen LogP contribution in [0.3, 0.4) is 0 Å². The van der Waals surface area contributed by atoms with Gasteiger partial charge in [-0.1, -0.05) is 54.0 Å². The van der Waals surface area contributed by atoms with Gasteiger partial charge < -0.3 is 0 Å². The molecular weight excluding hydrogens is 334 g/mol. The van der Waals surface area contributed by atoms with Gasteiger partial charge in [-0.3, -0.25) is 0 Å². The number of alkyl halides is 1. The van der Waals surface area contributed by atoms with Crippen LogP contribution in [0.2, 0.25) is 0 Å². The minimum absolute atomic E-state index is 0.0959. The summed E-state index contributed by atoms with van der Waals surface area (Å²) in [7, 11) is 0. The molecular formula is C18H19BrF2. The highest BCUT2D eigenvalue weighted by molar-refractivity contribution is 9.09. The van der Waals surface area contributed by atoms with E-state index in [4.69, 9.17) is 0 Å². The first kappa shape index (κ1) is 16.2. The van der Waals surface area contributed by atoms with Crippen molar-refractivity contribution in [3.8, 4) is 0 Å². The first-order valence-corrected chi connectivity index (χ1v) is 8.16. The molecule has 112 valence electrons. The Bertz CT molecular complexity index is 623. The van der Waals surface area contributed by atoms with Gasteiger partial charge >= 0.3 is 0 Å². The molecule has 0 heterocycles. The van der Waals surface area contributed by atoms with Gasteiger partial charge in [-0.25, -0.2) is 8.78 Å². The smallest absolute Gasteiger partial charge is 0.159 e. The first-order valence-electron chi connectivity index (χ1n) is 7.24. The fourth-order valence-corrected chi connectivity index (χ4v) is 3.16. The summed E-state index contributed by atoms with van der Waals surface area (Å²) in [4.78, 5) is 0.0959. The lowest BCUT2D eigenvalue weighted by atomic mass is 9.97. The standard InChI is InChI=1S/C18H19BrF2/c1-3-13-6-7-15(11-14(13)4-2)16(19)9-12-5-8-17(20)18(21)10-12/h5-8,10-11,16H,3-4,9H2,1-2H3. The molecule has 1 atom stereocenters. The van der Waals surface area contributed by atoms with Crippen LogP contribution in [-0.2, 0) is 19.3 Å². The van der Waals surface area contributed by atoms with Crippen molar-refractivity contribution in [1.29, 1.82) is 0 Å². The van der Waals surface area contributed by atoms with Crippen LogP contribution >= 0.6 is 15.9 Å². The number of aryl methyl sites for hydroxylation is 2. The Labute approximate surface area is 133 Å². The zero-order chi connectivity index (χ0) is 15.4. The van der Waals surface area contributed by atoms with Crippen molar-refractivity contribution in [2.75, 3.05) is 0 Å². The zero-order valence-corrected chi connectivity index (χ0v) is 13.9. The molecule has 0 N–H and O–H groups in total. The SMILES string of the molecule is CCc1ccc(C(Br)Cc2ccc(F)c(F)c2)cc1CC. The number of hydrogen-bond acceptors (Lipinski definition) is 0. The van der Waals surface area contributed by atoms with Crippen LogP contribution in [0.5, 0.6) is 0 Å². The molecule has 0 spiro atoms. The lowest BCUT2D eigenvalue weighted by Crippen LogP contribution is -2.00. The maximum absolute atomic E-state index is 13.3. The molecule has 0 fully saturated rings. The van der Waals surface area contributed by atoms with Gasteiger partial charge in [-0.15, -0.1) is 0 Å². The lowest BCUT2D eigenvalue weighted by molar-refractivity contribution is 0.507. The second-order valence-electron chi connectivity index (χ2n) is 5.16. The van der Waals surface area contributed by atoms with E-state index in [1.807, 2.05) is 0 Å². The summed E-state index contributed by atoms with van der Waals surface area (Å²) < 4.78 is 26.2. The summed E-state index contributed by atoms with van der Waals surface area (Å²) in [5, 5.41) is 0. The van der Waals surface area contributed by atoms with Crippen LogP contribution in [0, 0.1) is 11.6 Å². The van der Waals surface area contributed by atoms with Crippen molar-refractivity contribution in [3.05, 3.63) is 70.3 Å². The Morgan fingerprint density at radius 3 is 2.24 bits per heavy atom. The molecule has 0 aliphatic heterocycles. The molecule has 0 amide bonds. The lowest BCUT2D eigenvalue weighted by Gasteiger charge is -2.14. The molecule has 0 saturated carbocycles. The van der Waals surface area contributed by atoms with Crippen molar-refractivity contribution in [2.45, 2.75) is 37.9 Å². The van der Waals surface area contributed by atoms with Gasteiger partial charge in [0, 0.05) is 4.83 Å². The number of rotatable bonds is 5. The second kappa shape index (κ2) is 7.17. The molecule has 0 aliphatic rings. The Kier molecular flexibility index (Phi) is 5.51. The summed E-state index contributed by atoms with van der Waals surface area (Å²) in [5.74, 6) is -1.59. The maximum Gasteiger partial charge on any atom is 0.159 e. The molecule has 2 aromatic rings. The predicted molar refractivity (Wildman–Crippen MR) is 86.9 cm³/mol. The van der Waals surface area contributed by atoms with Crippen LogP contribution in [0.25, 0.3) is 0 Å². The molecule has 21 heavy (non-hydrogen) atoms. The van der Waals surface area contributed by atoms with Gasteiger partial charge in [0.25, 0.3) is 0 Å². The van der Waals surface area contributed by atoms with Crippen molar-refractivity contribution in [3.63, 3.8) is 0 Å². The Balaban J connectivity index is 2.19. The van der Waals surface area contributed by atoms with Gasteiger partial charge in [-0.05, 0) is 53.6 Å². The zero-order valence-electron chi connectivity index (χ0n) is 12.3. The Hall–Kier alpha value is -1.22. The van der Waals surface area contributed by atoms with Gasteiger partial charge in [0.1, 0.15) is 0 Å². The first-order chi connectivity index (χ1) is 10.0. The van der Waals surface area contributed by atoms with Crippen molar-refractivity contribution in [1.82, 2.24) is 0 Å². The van der Waals surface area contributed by atoms with Gasteiger partial charge in [0.15, 0.2) is 11.6 Å². The third-order valence-corrected chi connectivity index (χ3v) is 4.61. The quantitative estimate of drug-likeness (QED) is 0.599. The Morgan fingerprint density at radius 1 is 0.905 bits per heavy atom. The van der Waals surface area contributed by atoms with E-state index < -0.39 is 11.6 Å². The highest BCUT2D eigenvalue weighted by atomic mass is 79.9. The number of hydrogen-bond donors (Lipinski definition) is 0. The highest BCUT2D eigenvalue weighted by Gasteiger charge is 2.12. The van der Waals surface area contributed by atoms with Gasteiger partial charge in [0.2, 0.25) is 0 Å². The van der Waals surface area contributed by atoms with Gasteiger partial charge in [-0.2, -0.15) is 0 Å². The molecule has 0 radical (unpaired) electrons. The van der Waals surface area contributed by atoms with Gasteiger partial charge in [0.05, 0.1) is 0 Å². The fraction of sp³-hybridized carbons (Fsp3) is 0.333. The fourth-order valence-electron chi connectivity index (χ4n) is 2.51. The van der Waals surface area contributed by atoms with Crippen LogP contribution in [0.1, 0.15) is 40.9 Å². The topological polar surface area (TPSA) is 0 Å². The number of halogens is 3. The maximum atomic E-state index is 13.3. The highest BCUT2D eigenvalue weighted by Crippen LogP contribution is 2.29. The monoisotopic (exact) mass is 352 g/mol. The molecule has 0 nitrogen and oxygen atoms in total. The normalized spacial score (nSPS) is 12.4. The average Bonchev–Trinajstić information content (AvgIpc) is 2.50. The van der Waals surface area contributed by atoms with Crippen LogP contribution in [-0.4, -0.2) is 0 Å². The largest absolute Gasteiger partial charge is 0.204 e. The summed E-state index contributed by atoms with van der Waals surface area (Å²) >= 11 is 3.66. The van der Waals surface area contributed by atoms with E-state index in [0.717, 1.165) is 18.4 Å². The van der Waals surface area contributed by atoms with Crippen molar-refractivity contribution >= 4 is 15.9 Å². The van der Waals surface area contributed by atoms with E-state index in [-0.39, 0.29) is 4.83 Å². The van der Waals surface area contributed by atoms with Crippen LogP contribution in [0.4, 0.5) is 8.78 Å². The molecule has 0 aromatic heterocycles. The van der Waals surface area contributed by atoms with Crippen LogP contribution in [0.15, 0.2) is 36.4 Å².